The summed E-state index contributed by atoms with van der Waals surface area (Å²) in [4.78, 5) is 20.0. The van der Waals surface area contributed by atoms with Crippen LogP contribution in [0.4, 0.5) is 5.82 Å². The predicted molar refractivity (Wildman–Crippen MR) is 126 cm³/mol. The summed E-state index contributed by atoms with van der Waals surface area (Å²) in [5.74, 6) is 1.66. The van der Waals surface area contributed by atoms with Gasteiger partial charge in [-0.1, -0.05) is 41.4 Å². The lowest BCUT2D eigenvalue weighted by Gasteiger charge is -2.31. The molecule has 1 aromatic heterocycles. The van der Waals surface area contributed by atoms with Gasteiger partial charge in [0, 0.05) is 21.8 Å². The maximum absolute atomic E-state index is 13.2. The van der Waals surface area contributed by atoms with E-state index in [0.29, 0.717) is 21.6 Å². The van der Waals surface area contributed by atoms with Crippen molar-refractivity contribution in [3.8, 4) is 5.75 Å². The molecule has 2 aliphatic heterocycles. The Bertz CT molecular complexity index is 1270. The predicted octanol–water partition coefficient (Wildman–Crippen LogP) is 5.61. The summed E-state index contributed by atoms with van der Waals surface area (Å²) in [6, 6.07) is 14.1. The second-order valence-corrected chi connectivity index (χ2v) is 8.26. The van der Waals surface area contributed by atoms with E-state index in [2.05, 4.69) is 5.10 Å². The Kier molecular flexibility index (Phi) is 5.33. The highest BCUT2D eigenvalue weighted by atomic mass is 35.5. The number of halogens is 2. The zero-order chi connectivity index (χ0) is 22.2. The van der Waals surface area contributed by atoms with Gasteiger partial charge in [-0.25, -0.2) is 0 Å². The Labute approximate surface area is 195 Å². The molecule has 8 heteroatoms. The van der Waals surface area contributed by atoms with E-state index in [1.807, 2.05) is 60.5 Å². The number of carbonyl (C=O) groups excluding carboxylic acids is 1. The van der Waals surface area contributed by atoms with Crippen molar-refractivity contribution < 1.29 is 9.53 Å². The first-order chi connectivity index (χ1) is 15.5. The van der Waals surface area contributed by atoms with Gasteiger partial charge in [-0.2, -0.15) is 9.78 Å². The first-order valence-corrected chi connectivity index (χ1v) is 10.8. The normalized spacial score (nSPS) is 16.4. The third kappa shape index (κ3) is 3.72. The fraction of sp³-hybridized carbons (Fsp3) is 0.125. The molecule has 0 spiro atoms. The Morgan fingerprint density at radius 1 is 1.03 bits per heavy atom. The number of amidine groups is 1. The fourth-order valence-corrected chi connectivity index (χ4v) is 4.04. The molecule has 0 N–H and O–H groups in total. The summed E-state index contributed by atoms with van der Waals surface area (Å²) >= 11 is 12.0. The summed E-state index contributed by atoms with van der Waals surface area (Å²) in [7, 11) is 0. The first-order valence-electron chi connectivity index (χ1n) is 10.00. The van der Waals surface area contributed by atoms with Crippen molar-refractivity contribution in [2.45, 2.75) is 13.0 Å². The molecule has 6 nitrogen and oxygen atoms in total. The lowest BCUT2D eigenvalue weighted by molar-refractivity contribution is 0.0823. The molecule has 0 amide bonds. The van der Waals surface area contributed by atoms with Crippen LogP contribution in [0.15, 0.2) is 78.0 Å². The fourth-order valence-electron chi connectivity index (χ4n) is 3.79. The van der Waals surface area contributed by atoms with Gasteiger partial charge in [0.1, 0.15) is 17.6 Å². The highest BCUT2D eigenvalue weighted by Crippen LogP contribution is 2.41. The molecule has 1 atom stereocenters. The second kappa shape index (κ2) is 8.30. The van der Waals surface area contributed by atoms with E-state index in [4.69, 9.17) is 32.9 Å². The maximum Gasteiger partial charge on any atom is 0.286 e. The molecule has 0 saturated heterocycles. The number of aromatic nitrogens is 2. The third-order valence-corrected chi connectivity index (χ3v) is 5.78. The van der Waals surface area contributed by atoms with Crippen LogP contribution in [0, 0.1) is 6.92 Å². The average Bonchev–Trinajstić information content (AvgIpc) is 3.16. The monoisotopic (exact) mass is 464 g/mol. The summed E-state index contributed by atoms with van der Waals surface area (Å²) in [5, 5.41) is 5.83. The Morgan fingerprint density at radius 3 is 2.44 bits per heavy atom. The number of fused-ring (bicyclic) bond motifs is 3. The number of benzene rings is 2. The molecular weight excluding hydrogens is 447 g/mol. The molecule has 32 heavy (non-hydrogen) atoms. The number of aliphatic imine (C=N–C) groups is 1. The second-order valence-electron chi connectivity index (χ2n) is 7.38. The third-order valence-electron chi connectivity index (χ3n) is 5.28. The number of ether oxygens (including phenoxy) is 1. The average molecular weight is 465 g/mol. The molecule has 3 aromatic rings. The summed E-state index contributed by atoms with van der Waals surface area (Å²) in [6.07, 6.45) is 7.60. The number of anilines is 1. The van der Waals surface area contributed by atoms with Crippen LogP contribution in [-0.2, 0) is 0 Å². The highest BCUT2D eigenvalue weighted by molar-refractivity contribution is 6.30. The lowest BCUT2D eigenvalue weighted by Crippen LogP contribution is -2.34. The molecule has 0 bridgehead atoms. The van der Waals surface area contributed by atoms with Crippen LogP contribution in [0.1, 0.15) is 27.7 Å². The van der Waals surface area contributed by atoms with Crippen molar-refractivity contribution in [2.24, 2.45) is 4.99 Å². The smallest absolute Gasteiger partial charge is 0.286 e. The van der Waals surface area contributed by atoms with Crippen LogP contribution in [0.5, 0.6) is 5.75 Å². The maximum atomic E-state index is 13.2. The van der Waals surface area contributed by atoms with Crippen LogP contribution >= 0.6 is 23.2 Å². The summed E-state index contributed by atoms with van der Waals surface area (Å²) < 4.78 is 7.08. The molecule has 0 aliphatic carbocycles. The van der Waals surface area contributed by atoms with Crippen molar-refractivity contribution >= 4 is 40.8 Å². The van der Waals surface area contributed by atoms with E-state index in [1.165, 1.54) is 4.68 Å². The Balaban J connectivity index is 1.53. The lowest BCUT2D eigenvalue weighted by atomic mass is 9.97. The van der Waals surface area contributed by atoms with Crippen molar-refractivity contribution in [2.75, 3.05) is 11.5 Å². The van der Waals surface area contributed by atoms with Gasteiger partial charge in [-0.3, -0.25) is 14.7 Å². The first kappa shape index (κ1) is 20.5. The molecule has 160 valence electrons. The molecular formula is C24H18Cl2N4O2. The molecule has 1 unspecified atom stereocenters. The van der Waals surface area contributed by atoms with Gasteiger partial charge >= 0.3 is 0 Å². The number of allylic oxidation sites excluding steroid dienone is 2. The van der Waals surface area contributed by atoms with Crippen LogP contribution in [-0.4, -0.2) is 28.1 Å². The van der Waals surface area contributed by atoms with Gasteiger partial charge in [0.2, 0.25) is 0 Å². The van der Waals surface area contributed by atoms with Gasteiger partial charge in [0.25, 0.3) is 5.91 Å². The molecule has 0 saturated carbocycles. The number of hydrogen-bond acceptors (Lipinski definition) is 5. The molecule has 2 aromatic carbocycles. The van der Waals surface area contributed by atoms with E-state index < -0.39 is 0 Å². The molecule has 5 rings (SSSR count). The molecule has 0 fully saturated rings. The van der Waals surface area contributed by atoms with Gasteiger partial charge in [0.15, 0.2) is 12.4 Å². The van der Waals surface area contributed by atoms with Crippen molar-refractivity contribution in [3.63, 3.8) is 0 Å². The minimum atomic E-state index is -0.302. The van der Waals surface area contributed by atoms with E-state index in [1.54, 1.807) is 24.3 Å². The van der Waals surface area contributed by atoms with Crippen LogP contribution in [0.2, 0.25) is 10.0 Å². The van der Waals surface area contributed by atoms with E-state index in [0.717, 1.165) is 22.7 Å². The largest absolute Gasteiger partial charge is 0.484 e. The summed E-state index contributed by atoms with van der Waals surface area (Å²) in [6.45, 7) is 1.72. The standard InChI is InChI=1S/C24H18Cl2N4O2/c1-15-22-23(16-5-7-17(25)8-6-16)27-20-4-2-3-13-29(20)24(22)30(28-15)21(31)14-32-19-11-9-18(26)10-12-19/h2-13,23H,14H2,1H3. The quantitative estimate of drug-likeness (QED) is 0.503. The van der Waals surface area contributed by atoms with Crippen molar-refractivity contribution in [1.29, 1.82) is 0 Å². The molecule has 3 heterocycles. The van der Waals surface area contributed by atoms with Crippen molar-refractivity contribution in [1.82, 2.24) is 9.78 Å². The minimum Gasteiger partial charge on any atom is -0.484 e. The van der Waals surface area contributed by atoms with E-state index >= 15 is 0 Å². The number of rotatable bonds is 4. The number of carbonyl (C=O) groups is 1. The zero-order valence-corrected chi connectivity index (χ0v) is 18.6. The van der Waals surface area contributed by atoms with Crippen LogP contribution < -0.4 is 9.64 Å². The number of hydrogen-bond donors (Lipinski definition) is 0. The Morgan fingerprint density at radius 2 is 1.72 bits per heavy atom. The SMILES string of the molecule is Cc1nn(C(=O)COc2ccc(Cl)cc2)c2c1C(c1ccc(Cl)cc1)N=C1C=CC=CN12. The van der Waals surface area contributed by atoms with Crippen LogP contribution in [0.3, 0.4) is 0 Å². The molecule has 2 aliphatic rings. The van der Waals surface area contributed by atoms with Crippen molar-refractivity contribution in [3.05, 3.63) is 99.8 Å². The van der Waals surface area contributed by atoms with Gasteiger partial charge in [0.05, 0.1) is 5.69 Å². The number of aryl methyl sites for hydroxylation is 1. The van der Waals surface area contributed by atoms with Crippen LogP contribution in [0.25, 0.3) is 0 Å². The highest BCUT2D eigenvalue weighted by Gasteiger charge is 2.35. The van der Waals surface area contributed by atoms with Gasteiger partial charge in [-0.15, -0.1) is 0 Å². The summed E-state index contributed by atoms with van der Waals surface area (Å²) in [5.41, 5.74) is 2.57. The Hall–Kier alpha value is -3.35. The molecule has 0 radical (unpaired) electrons. The number of nitrogens with zero attached hydrogens (tertiary/aromatic N) is 4. The topological polar surface area (TPSA) is 59.7 Å². The minimum absolute atomic E-state index is 0.166. The zero-order valence-electron chi connectivity index (χ0n) is 17.1. The van der Waals surface area contributed by atoms with Gasteiger partial charge < -0.3 is 4.74 Å². The van der Waals surface area contributed by atoms with E-state index in [-0.39, 0.29) is 18.6 Å². The van der Waals surface area contributed by atoms with E-state index in [9.17, 15) is 4.79 Å². The van der Waals surface area contributed by atoms with Gasteiger partial charge in [-0.05, 0) is 61.0 Å².